The molecule has 0 spiro atoms. The molecular weight excluding hydrogens is 571 g/mol. The molecule has 1 aromatic heterocycles. The van der Waals surface area contributed by atoms with Crippen molar-refractivity contribution in [3.63, 3.8) is 0 Å². The van der Waals surface area contributed by atoms with Crippen LogP contribution in [0.5, 0.6) is 11.5 Å². The van der Waals surface area contributed by atoms with Crippen molar-refractivity contribution >= 4 is 40.1 Å². The number of benzene rings is 2. The molecule has 5 rings (SSSR count). The Kier molecular flexibility index (Phi) is 9.09. The Bertz CT molecular complexity index is 1570. The molecule has 1 aliphatic carbocycles. The highest BCUT2D eigenvalue weighted by Crippen LogP contribution is 2.38. The molecule has 220 valence electrons. The number of ether oxygens (including phenoxy) is 3. The van der Waals surface area contributed by atoms with E-state index in [-0.39, 0.29) is 5.71 Å². The van der Waals surface area contributed by atoms with Crippen molar-refractivity contribution in [2.24, 2.45) is 4.99 Å². The molecule has 0 radical (unpaired) electrons. The van der Waals surface area contributed by atoms with E-state index in [1.165, 1.54) is 18.1 Å². The van der Waals surface area contributed by atoms with E-state index in [2.05, 4.69) is 20.3 Å². The lowest BCUT2D eigenvalue weighted by Crippen LogP contribution is -2.37. The zero-order valence-electron chi connectivity index (χ0n) is 22.9. The van der Waals surface area contributed by atoms with Gasteiger partial charge in [0.2, 0.25) is 0 Å². The maximum absolute atomic E-state index is 13.6. The molecule has 1 saturated heterocycles. The number of hydrogen-bond donors (Lipinski definition) is 1. The number of carbonyl (C=O) groups is 1. The molecule has 2 amide bonds. The normalized spacial score (nSPS) is 17.1. The predicted molar refractivity (Wildman–Crippen MR) is 154 cm³/mol. The Morgan fingerprint density at radius 2 is 1.86 bits per heavy atom. The number of aliphatic imine (C=N–C) groups is 1. The Labute approximate surface area is 244 Å². The van der Waals surface area contributed by atoms with Crippen LogP contribution >= 0.6 is 11.8 Å². The highest BCUT2D eigenvalue weighted by molar-refractivity contribution is 7.99. The molecule has 0 atom stereocenters. The minimum Gasteiger partial charge on any atom is -0.493 e. The van der Waals surface area contributed by atoms with Gasteiger partial charge in [-0.05, 0) is 42.0 Å². The number of morpholine rings is 1. The Balaban J connectivity index is 1.32. The van der Waals surface area contributed by atoms with Crippen molar-refractivity contribution in [3.8, 4) is 11.5 Å². The molecule has 0 unspecified atom stereocenters. The molecule has 1 fully saturated rings. The number of aromatic nitrogens is 2. The molecule has 2 aliphatic rings. The summed E-state index contributed by atoms with van der Waals surface area (Å²) in [4.78, 5) is 28.3. The number of allylic oxidation sites excluding steroid dienone is 2. The van der Waals surface area contributed by atoms with Crippen LogP contribution in [-0.2, 0) is 4.74 Å². The SMILES string of the molecule is COc1cc2ncnc(Sc3cccc(NC(=O)N=C4C=C(CN5CCOCC5)C=C(C(F)(F)F)C4)c3)c2cc1OC. The van der Waals surface area contributed by atoms with E-state index >= 15 is 0 Å². The highest BCUT2D eigenvalue weighted by atomic mass is 32.2. The number of carbonyl (C=O) groups excluding carboxylic acids is 1. The Morgan fingerprint density at radius 1 is 1.10 bits per heavy atom. The third kappa shape index (κ3) is 7.27. The van der Waals surface area contributed by atoms with E-state index in [0.717, 1.165) is 16.4 Å². The van der Waals surface area contributed by atoms with Crippen LogP contribution in [0.4, 0.5) is 23.7 Å². The van der Waals surface area contributed by atoms with Crippen LogP contribution in [0.2, 0.25) is 0 Å². The number of nitrogens with one attached hydrogen (secondary N) is 1. The van der Waals surface area contributed by atoms with Crippen molar-refractivity contribution in [2.45, 2.75) is 22.5 Å². The van der Waals surface area contributed by atoms with Crippen LogP contribution in [-0.4, -0.2) is 79.9 Å². The summed E-state index contributed by atoms with van der Waals surface area (Å²) in [6.07, 6.45) is -0.843. The summed E-state index contributed by atoms with van der Waals surface area (Å²) >= 11 is 1.36. The second kappa shape index (κ2) is 12.9. The molecule has 2 heterocycles. The fraction of sp³-hybridized carbons (Fsp3) is 0.310. The summed E-state index contributed by atoms with van der Waals surface area (Å²) in [5.41, 5.74) is 0.877. The first kappa shape index (κ1) is 29.5. The zero-order valence-corrected chi connectivity index (χ0v) is 23.7. The molecule has 1 N–H and O–H groups in total. The summed E-state index contributed by atoms with van der Waals surface area (Å²) in [7, 11) is 3.09. The van der Waals surface area contributed by atoms with E-state index in [9.17, 15) is 18.0 Å². The first-order valence-electron chi connectivity index (χ1n) is 13.0. The number of urea groups is 1. The molecule has 13 heteroatoms. The van der Waals surface area contributed by atoms with Gasteiger partial charge in [-0.1, -0.05) is 17.8 Å². The Hall–Kier alpha value is -3.94. The first-order chi connectivity index (χ1) is 20.2. The van der Waals surface area contributed by atoms with Gasteiger partial charge in [-0.3, -0.25) is 4.90 Å². The van der Waals surface area contributed by atoms with Crippen molar-refractivity contribution in [1.82, 2.24) is 14.9 Å². The van der Waals surface area contributed by atoms with E-state index < -0.39 is 24.2 Å². The van der Waals surface area contributed by atoms with Crippen LogP contribution in [0, 0.1) is 0 Å². The van der Waals surface area contributed by atoms with Crippen molar-refractivity contribution < 1.29 is 32.2 Å². The van der Waals surface area contributed by atoms with Crippen LogP contribution < -0.4 is 14.8 Å². The van der Waals surface area contributed by atoms with E-state index in [4.69, 9.17) is 14.2 Å². The van der Waals surface area contributed by atoms with Gasteiger partial charge in [-0.15, -0.1) is 0 Å². The van der Waals surface area contributed by atoms with Crippen molar-refractivity contribution in [1.29, 1.82) is 0 Å². The van der Waals surface area contributed by atoms with Gasteiger partial charge < -0.3 is 19.5 Å². The molecule has 42 heavy (non-hydrogen) atoms. The lowest BCUT2D eigenvalue weighted by Gasteiger charge is -2.28. The number of amides is 2. The lowest BCUT2D eigenvalue weighted by molar-refractivity contribution is -0.0926. The van der Waals surface area contributed by atoms with Crippen molar-refractivity contribution in [2.75, 3.05) is 52.4 Å². The van der Waals surface area contributed by atoms with Crippen LogP contribution in [0.15, 0.2) is 80.9 Å². The number of anilines is 1. The standard InChI is InChI=1S/C29H28F3N5O4S/c1-39-25-14-23-24(15-26(25)40-2)33-17-34-27(23)42-22-5-3-4-20(13-22)35-28(38)36-21-11-18(10-19(12-21)29(30,31)32)16-37-6-8-41-9-7-37/h3-5,10-11,13-15,17H,6-9,12,16H2,1-2H3,(H,35,38). The fourth-order valence-corrected chi connectivity index (χ4v) is 5.54. The summed E-state index contributed by atoms with van der Waals surface area (Å²) in [5.74, 6) is 1.08. The Morgan fingerprint density at radius 3 is 2.60 bits per heavy atom. The minimum absolute atomic E-state index is 0.0490. The monoisotopic (exact) mass is 599 g/mol. The molecule has 9 nitrogen and oxygen atoms in total. The number of fused-ring (bicyclic) bond motifs is 1. The summed E-state index contributed by atoms with van der Waals surface area (Å²) in [5, 5.41) is 4.09. The van der Waals surface area contributed by atoms with Gasteiger partial charge in [0.15, 0.2) is 11.5 Å². The average molecular weight is 600 g/mol. The number of nitrogens with zero attached hydrogens (tertiary/aromatic N) is 4. The quantitative estimate of drug-likeness (QED) is 0.334. The zero-order chi connectivity index (χ0) is 29.7. The number of hydrogen-bond acceptors (Lipinski definition) is 8. The highest BCUT2D eigenvalue weighted by Gasteiger charge is 2.35. The van der Waals surface area contributed by atoms with Crippen molar-refractivity contribution in [3.05, 3.63) is 66.0 Å². The van der Waals surface area contributed by atoms with Gasteiger partial charge in [0.25, 0.3) is 0 Å². The van der Waals surface area contributed by atoms with E-state index in [1.54, 1.807) is 50.6 Å². The minimum atomic E-state index is -4.52. The first-order valence-corrected chi connectivity index (χ1v) is 13.8. The summed E-state index contributed by atoms with van der Waals surface area (Å²) in [6, 6.07) is 9.82. The number of alkyl halides is 3. The van der Waals surface area contributed by atoms with Gasteiger partial charge in [-0.2, -0.15) is 18.2 Å². The van der Waals surface area contributed by atoms with Gasteiger partial charge in [0, 0.05) is 53.7 Å². The van der Waals surface area contributed by atoms with E-state index in [1.807, 2.05) is 11.0 Å². The number of methoxy groups -OCH3 is 2. The van der Waals surface area contributed by atoms with Crippen LogP contribution in [0.25, 0.3) is 10.9 Å². The average Bonchev–Trinajstić information content (AvgIpc) is 2.96. The largest absolute Gasteiger partial charge is 0.493 e. The topological polar surface area (TPSA) is 98.2 Å². The third-order valence-electron chi connectivity index (χ3n) is 6.61. The smallest absolute Gasteiger partial charge is 0.413 e. The van der Waals surface area contributed by atoms with Crippen LogP contribution in [0.3, 0.4) is 0 Å². The molecule has 0 bridgehead atoms. The maximum Gasteiger partial charge on any atom is 0.413 e. The number of halogens is 3. The second-order valence-corrected chi connectivity index (χ2v) is 10.6. The fourth-order valence-electron chi connectivity index (χ4n) is 4.61. The molecule has 2 aromatic carbocycles. The predicted octanol–water partition coefficient (Wildman–Crippen LogP) is 5.92. The van der Waals surface area contributed by atoms with Gasteiger partial charge in [-0.25, -0.2) is 14.8 Å². The summed E-state index contributed by atoms with van der Waals surface area (Å²) < 4.78 is 57.0. The van der Waals surface area contributed by atoms with Gasteiger partial charge >= 0.3 is 12.2 Å². The molecule has 0 saturated carbocycles. The van der Waals surface area contributed by atoms with Crippen LogP contribution in [0.1, 0.15) is 6.42 Å². The molecule has 3 aromatic rings. The van der Waals surface area contributed by atoms with Gasteiger partial charge in [0.1, 0.15) is 11.4 Å². The van der Waals surface area contributed by atoms with E-state index in [0.29, 0.717) is 66.2 Å². The van der Waals surface area contributed by atoms with Gasteiger partial charge in [0.05, 0.1) is 38.7 Å². The maximum atomic E-state index is 13.6. The molecular formula is C29H28F3N5O4S. The second-order valence-electron chi connectivity index (χ2n) is 9.52. The third-order valence-corrected chi connectivity index (χ3v) is 7.61. The molecule has 1 aliphatic heterocycles. The summed E-state index contributed by atoms with van der Waals surface area (Å²) in [6.45, 7) is 2.63. The lowest BCUT2D eigenvalue weighted by atomic mass is 9.97. The number of rotatable bonds is 7.